The number of fused-ring (bicyclic) bond motifs is 2. The van der Waals surface area contributed by atoms with E-state index >= 15 is 0 Å². The number of hydrogen-bond donors (Lipinski definition) is 3. The molecule has 0 saturated carbocycles. The van der Waals surface area contributed by atoms with Gasteiger partial charge in [0.05, 0.1) is 16.7 Å². The third-order valence-corrected chi connectivity index (χ3v) is 4.21. The predicted molar refractivity (Wildman–Crippen MR) is 102 cm³/mol. The van der Waals surface area contributed by atoms with Crippen molar-refractivity contribution in [3.05, 3.63) is 48.5 Å². The van der Waals surface area contributed by atoms with Gasteiger partial charge in [-0.1, -0.05) is 36.4 Å². The molecule has 126 valence electrons. The lowest BCUT2D eigenvalue weighted by Gasteiger charge is -2.21. The van der Waals surface area contributed by atoms with Crippen LogP contribution in [0.3, 0.4) is 0 Å². The van der Waals surface area contributed by atoms with Crippen molar-refractivity contribution in [1.82, 2.24) is 9.88 Å². The van der Waals surface area contributed by atoms with Crippen LogP contribution >= 0.6 is 0 Å². The van der Waals surface area contributed by atoms with Crippen molar-refractivity contribution in [2.75, 3.05) is 44.6 Å². The number of pyridine rings is 1. The van der Waals surface area contributed by atoms with Crippen LogP contribution in [0.1, 0.15) is 0 Å². The number of anilines is 1. The molecule has 0 amide bonds. The minimum Gasteiger partial charge on any atom is -0.383 e. The maximum absolute atomic E-state index is 5.68. The van der Waals surface area contributed by atoms with Crippen molar-refractivity contribution >= 4 is 27.5 Å². The Morgan fingerprint density at radius 3 is 1.88 bits per heavy atom. The second-order valence-electron chi connectivity index (χ2n) is 5.87. The second kappa shape index (κ2) is 8.06. The molecule has 5 nitrogen and oxygen atoms in total. The van der Waals surface area contributed by atoms with Crippen molar-refractivity contribution in [1.29, 1.82) is 0 Å². The first-order valence-corrected chi connectivity index (χ1v) is 8.47. The molecule has 0 fully saturated rings. The van der Waals surface area contributed by atoms with Crippen LogP contribution in [0.2, 0.25) is 0 Å². The minimum absolute atomic E-state index is 0.654. The molecule has 24 heavy (non-hydrogen) atoms. The summed E-state index contributed by atoms with van der Waals surface area (Å²) >= 11 is 0. The number of rotatable bonds is 8. The van der Waals surface area contributed by atoms with Gasteiger partial charge in [0.2, 0.25) is 0 Å². The van der Waals surface area contributed by atoms with Crippen LogP contribution in [0.5, 0.6) is 0 Å². The van der Waals surface area contributed by atoms with Gasteiger partial charge in [0.25, 0.3) is 0 Å². The molecule has 0 aliphatic rings. The van der Waals surface area contributed by atoms with E-state index in [0.29, 0.717) is 13.1 Å². The summed E-state index contributed by atoms with van der Waals surface area (Å²) in [6.45, 7) is 4.81. The molecule has 3 aromatic rings. The van der Waals surface area contributed by atoms with Crippen molar-refractivity contribution in [2.45, 2.75) is 0 Å². The molecule has 0 radical (unpaired) electrons. The summed E-state index contributed by atoms with van der Waals surface area (Å²) in [5, 5.41) is 5.92. The second-order valence-corrected chi connectivity index (χ2v) is 5.87. The molecule has 5 heteroatoms. The summed E-state index contributed by atoms with van der Waals surface area (Å²) in [7, 11) is 0. The Morgan fingerprint density at radius 1 is 0.792 bits per heavy atom. The van der Waals surface area contributed by atoms with E-state index in [-0.39, 0.29) is 0 Å². The highest BCUT2D eigenvalue weighted by Crippen LogP contribution is 2.30. The van der Waals surface area contributed by atoms with Crippen molar-refractivity contribution in [3.63, 3.8) is 0 Å². The standard InChI is InChI=1S/C19H25N5/c20-9-12-24(13-10-21)14-11-22-19-15-5-1-3-7-17(15)23-18-8-4-2-6-16(18)19/h1-8H,9-14,20-21H2,(H,22,23). The number of nitrogens with two attached hydrogens (primary N) is 2. The number of para-hydroxylation sites is 2. The van der Waals surface area contributed by atoms with Gasteiger partial charge in [-0.15, -0.1) is 0 Å². The lowest BCUT2D eigenvalue weighted by Crippen LogP contribution is -2.37. The fraction of sp³-hybridized carbons (Fsp3) is 0.316. The molecule has 0 aliphatic heterocycles. The molecule has 0 saturated heterocycles. The van der Waals surface area contributed by atoms with E-state index in [0.717, 1.165) is 53.7 Å². The van der Waals surface area contributed by atoms with E-state index in [4.69, 9.17) is 16.5 Å². The smallest absolute Gasteiger partial charge is 0.0730 e. The highest BCUT2D eigenvalue weighted by Gasteiger charge is 2.09. The van der Waals surface area contributed by atoms with E-state index in [9.17, 15) is 0 Å². The summed E-state index contributed by atoms with van der Waals surface area (Å²) in [6.07, 6.45) is 0. The zero-order chi connectivity index (χ0) is 16.8. The van der Waals surface area contributed by atoms with Crippen molar-refractivity contribution in [2.24, 2.45) is 11.5 Å². The largest absolute Gasteiger partial charge is 0.383 e. The Kier molecular flexibility index (Phi) is 5.59. The maximum atomic E-state index is 5.68. The Hall–Kier alpha value is -2.21. The first kappa shape index (κ1) is 16.6. The minimum atomic E-state index is 0.654. The molecular weight excluding hydrogens is 298 g/mol. The van der Waals surface area contributed by atoms with Crippen LogP contribution < -0.4 is 16.8 Å². The molecule has 5 N–H and O–H groups in total. The monoisotopic (exact) mass is 323 g/mol. The van der Waals surface area contributed by atoms with Gasteiger partial charge in [0, 0.05) is 50.0 Å². The predicted octanol–water partition coefficient (Wildman–Crippen LogP) is 2.02. The molecule has 0 bridgehead atoms. The normalized spacial score (nSPS) is 11.5. The molecule has 0 atom stereocenters. The summed E-state index contributed by atoms with van der Waals surface area (Å²) in [6, 6.07) is 16.5. The van der Waals surface area contributed by atoms with E-state index in [1.54, 1.807) is 0 Å². The van der Waals surface area contributed by atoms with Gasteiger partial charge in [0.15, 0.2) is 0 Å². The molecule has 3 rings (SSSR count). The lowest BCUT2D eigenvalue weighted by atomic mass is 10.1. The molecule has 0 unspecified atom stereocenters. The Labute approximate surface area is 142 Å². The summed E-state index contributed by atoms with van der Waals surface area (Å²) in [5.74, 6) is 0. The Balaban J connectivity index is 1.86. The molecular formula is C19H25N5. The fourth-order valence-electron chi connectivity index (χ4n) is 3.07. The summed E-state index contributed by atoms with van der Waals surface area (Å²) < 4.78 is 0. The number of benzene rings is 2. The van der Waals surface area contributed by atoms with Crippen LogP contribution in [-0.4, -0.2) is 49.2 Å². The van der Waals surface area contributed by atoms with Crippen molar-refractivity contribution in [3.8, 4) is 0 Å². The molecule has 1 heterocycles. The quantitative estimate of drug-likeness (QED) is 0.553. The van der Waals surface area contributed by atoms with Gasteiger partial charge in [-0.25, -0.2) is 4.98 Å². The SMILES string of the molecule is NCCN(CCN)CCNc1c2ccccc2nc2ccccc12. The van der Waals surface area contributed by atoms with Crippen molar-refractivity contribution < 1.29 is 0 Å². The Bertz CT molecular complexity index is 742. The van der Waals surface area contributed by atoms with Gasteiger partial charge >= 0.3 is 0 Å². The average Bonchev–Trinajstić information content (AvgIpc) is 2.61. The van der Waals surface area contributed by atoms with Gasteiger partial charge in [0.1, 0.15) is 0 Å². The van der Waals surface area contributed by atoms with E-state index < -0.39 is 0 Å². The van der Waals surface area contributed by atoms with Gasteiger partial charge in [-0.2, -0.15) is 0 Å². The Morgan fingerprint density at radius 2 is 1.33 bits per heavy atom. The molecule has 2 aromatic carbocycles. The number of hydrogen-bond acceptors (Lipinski definition) is 5. The topological polar surface area (TPSA) is 80.2 Å². The summed E-state index contributed by atoms with van der Waals surface area (Å²) in [5.41, 5.74) is 14.5. The maximum Gasteiger partial charge on any atom is 0.0730 e. The number of aromatic nitrogens is 1. The third-order valence-electron chi connectivity index (χ3n) is 4.21. The third kappa shape index (κ3) is 3.64. The molecule has 0 spiro atoms. The van der Waals surface area contributed by atoms with Crippen LogP contribution in [-0.2, 0) is 0 Å². The first-order valence-electron chi connectivity index (χ1n) is 8.47. The number of nitrogens with zero attached hydrogens (tertiary/aromatic N) is 2. The van der Waals surface area contributed by atoms with E-state index in [1.165, 1.54) is 0 Å². The van der Waals surface area contributed by atoms with Gasteiger partial charge in [-0.05, 0) is 12.1 Å². The molecule has 0 aliphatic carbocycles. The van der Waals surface area contributed by atoms with Crippen LogP contribution in [0.25, 0.3) is 21.8 Å². The first-order chi connectivity index (χ1) is 11.8. The molecule has 1 aromatic heterocycles. The van der Waals surface area contributed by atoms with Crippen LogP contribution in [0.4, 0.5) is 5.69 Å². The number of nitrogens with one attached hydrogen (secondary N) is 1. The highest BCUT2D eigenvalue weighted by atomic mass is 15.1. The fourth-order valence-corrected chi connectivity index (χ4v) is 3.07. The van der Waals surface area contributed by atoms with Gasteiger partial charge < -0.3 is 16.8 Å². The van der Waals surface area contributed by atoms with Crippen LogP contribution in [0, 0.1) is 0 Å². The zero-order valence-corrected chi connectivity index (χ0v) is 13.9. The lowest BCUT2D eigenvalue weighted by molar-refractivity contribution is 0.300. The van der Waals surface area contributed by atoms with E-state index in [2.05, 4.69) is 46.6 Å². The zero-order valence-electron chi connectivity index (χ0n) is 13.9. The van der Waals surface area contributed by atoms with Crippen LogP contribution in [0.15, 0.2) is 48.5 Å². The van der Waals surface area contributed by atoms with Gasteiger partial charge in [-0.3, -0.25) is 4.90 Å². The summed E-state index contributed by atoms with van der Waals surface area (Å²) in [4.78, 5) is 7.05. The average molecular weight is 323 g/mol. The van der Waals surface area contributed by atoms with E-state index in [1.807, 2.05) is 12.1 Å². The highest BCUT2D eigenvalue weighted by molar-refractivity contribution is 6.07.